The number of piperidine rings is 1. The lowest BCUT2D eigenvalue weighted by Crippen LogP contribution is -2.37. The Hall–Kier alpha value is -0.520. The van der Waals surface area contributed by atoms with E-state index in [0.717, 1.165) is 19.6 Å². The van der Waals surface area contributed by atoms with E-state index in [2.05, 4.69) is 11.2 Å². The molecule has 1 saturated heterocycles. The third-order valence-corrected chi connectivity index (χ3v) is 2.12. The molecule has 12 heavy (non-hydrogen) atoms. The van der Waals surface area contributed by atoms with Crippen molar-refractivity contribution in [2.45, 2.75) is 31.7 Å². The van der Waals surface area contributed by atoms with Gasteiger partial charge >= 0.3 is 0 Å². The van der Waals surface area contributed by atoms with Gasteiger partial charge in [0.25, 0.3) is 0 Å². The molecule has 1 aliphatic heterocycles. The SMILES string of the molecule is C#CCCOCC1CCCCN1. The van der Waals surface area contributed by atoms with E-state index in [1.165, 1.54) is 19.3 Å². The van der Waals surface area contributed by atoms with Gasteiger partial charge in [-0.3, -0.25) is 0 Å². The van der Waals surface area contributed by atoms with Crippen LogP contribution in [0.3, 0.4) is 0 Å². The Morgan fingerprint density at radius 3 is 3.08 bits per heavy atom. The first-order chi connectivity index (χ1) is 5.93. The van der Waals surface area contributed by atoms with Crippen LogP contribution in [0.2, 0.25) is 0 Å². The summed E-state index contributed by atoms with van der Waals surface area (Å²) in [6.45, 7) is 2.67. The molecule has 1 aliphatic rings. The molecule has 0 amide bonds. The van der Waals surface area contributed by atoms with Gasteiger partial charge in [-0.15, -0.1) is 12.3 Å². The molecule has 0 radical (unpaired) electrons. The standard InChI is InChI=1S/C10H17NO/c1-2-3-8-12-9-10-6-4-5-7-11-10/h1,10-11H,3-9H2. The van der Waals surface area contributed by atoms with Gasteiger partial charge in [0, 0.05) is 12.5 Å². The molecule has 0 aliphatic carbocycles. The van der Waals surface area contributed by atoms with E-state index in [1.807, 2.05) is 0 Å². The fourth-order valence-corrected chi connectivity index (χ4v) is 1.42. The van der Waals surface area contributed by atoms with Crippen LogP contribution >= 0.6 is 0 Å². The van der Waals surface area contributed by atoms with Gasteiger partial charge in [-0.05, 0) is 19.4 Å². The summed E-state index contributed by atoms with van der Waals surface area (Å²) < 4.78 is 5.41. The number of ether oxygens (including phenoxy) is 1. The minimum absolute atomic E-state index is 0.566. The third kappa shape index (κ3) is 3.75. The average molecular weight is 167 g/mol. The number of nitrogens with one attached hydrogen (secondary N) is 1. The number of terminal acetylenes is 1. The second-order valence-electron chi connectivity index (χ2n) is 3.18. The van der Waals surface area contributed by atoms with E-state index in [9.17, 15) is 0 Å². The summed E-state index contributed by atoms with van der Waals surface area (Å²) >= 11 is 0. The van der Waals surface area contributed by atoms with Crippen molar-refractivity contribution >= 4 is 0 Å². The van der Waals surface area contributed by atoms with Crippen molar-refractivity contribution < 1.29 is 4.74 Å². The maximum atomic E-state index is 5.41. The maximum absolute atomic E-state index is 5.41. The Bertz CT molecular complexity index is 144. The summed E-state index contributed by atoms with van der Waals surface area (Å²) in [5, 5.41) is 3.42. The number of hydrogen-bond acceptors (Lipinski definition) is 2. The van der Waals surface area contributed by atoms with E-state index in [0.29, 0.717) is 12.6 Å². The molecule has 0 aromatic carbocycles. The van der Waals surface area contributed by atoms with Gasteiger partial charge in [0.05, 0.1) is 13.2 Å². The van der Waals surface area contributed by atoms with Crippen LogP contribution < -0.4 is 5.32 Å². The summed E-state index contributed by atoms with van der Waals surface area (Å²) in [6.07, 6.45) is 9.71. The molecule has 0 aromatic rings. The fraction of sp³-hybridized carbons (Fsp3) is 0.800. The van der Waals surface area contributed by atoms with Crippen molar-refractivity contribution in [1.82, 2.24) is 5.32 Å². The molecule has 0 bridgehead atoms. The Balaban J connectivity index is 1.95. The van der Waals surface area contributed by atoms with Crippen molar-refractivity contribution in [2.75, 3.05) is 19.8 Å². The highest BCUT2D eigenvalue weighted by Gasteiger charge is 2.11. The first-order valence-electron chi connectivity index (χ1n) is 4.68. The molecule has 0 aromatic heterocycles. The predicted molar refractivity (Wildman–Crippen MR) is 49.9 cm³/mol. The molecule has 1 atom stereocenters. The normalized spacial score (nSPS) is 23.4. The monoisotopic (exact) mass is 167 g/mol. The topological polar surface area (TPSA) is 21.3 Å². The summed E-state index contributed by atoms with van der Waals surface area (Å²) in [5.41, 5.74) is 0. The van der Waals surface area contributed by atoms with Crippen molar-refractivity contribution in [1.29, 1.82) is 0 Å². The van der Waals surface area contributed by atoms with Gasteiger partial charge in [-0.2, -0.15) is 0 Å². The van der Waals surface area contributed by atoms with Gasteiger partial charge in [0.15, 0.2) is 0 Å². The Morgan fingerprint density at radius 2 is 2.42 bits per heavy atom. The van der Waals surface area contributed by atoms with E-state index < -0.39 is 0 Å². The van der Waals surface area contributed by atoms with Gasteiger partial charge < -0.3 is 10.1 Å². The van der Waals surface area contributed by atoms with Crippen LogP contribution in [0, 0.1) is 12.3 Å². The summed E-state index contributed by atoms with van der Waals surface area (Å²) in [6, 6.07) is 0.566. The molecular weight excluding hydrogens is 150 g/mol. The first kappa shape index (κ1) is 9.57. The second kappa shape index (κ2) is 6.05. The Kier molecular flexibility index (Phi) is 4.82. The van der Waals surface area contributed by atoms with E-state index in [-0.39, 0.29) is 0 Å². The molecule has 1 N–H and O–H groups in total. The van der Waals surface area contributed by atoms with Crippen molar-refractivity contribution in [3.8, 4) is 12.3 Å². The van der Waals surface area contributed by atoms with Crippen molar-refractivity contribution in [3.05, 3.63) is 0 Å². The van der Waals surface area contributed by atoms with Crippen LogP contribution in [-0.4, -0.2) is 25.8 Å². The minimum Gasteiger partial charge on any atom is -0.379 e. The van der Waals surface area contributed by atoms with Crippen LogP contribution in [0.5, 0.6) is 0 Å². The minimum atomic E-state index is 0.566. The van der Waals surface area contributed by atoms with E-state index in [4.69, 9.17) is 11.2 Å². The Morgan fingerprint density at radius 1 is 1.50 bits per heavy atom. The van der Waals surface area contributed by atoms with Crippen LogP contribution in [0.4, 0.5) is 0 Å². The largest absolute Gasteiger partial charge is 0.379 e. The zero-order valence-electron chi connectivity index (χ0n) is 7.51. The van der Waals surface area contributed by atoms with E-state index in [1.54, 1.807) is 0 Å². The van der Waals surface area contributed by atoms with Gasteiger partial charge in [0.1, 0.15) is 0 Å². The van der Waals surface area contributed by atoms with Crippen LogP contribution in [0.15, 0.2) is 0 Å². The highest BCUT2D eigenvalue weighted by Crippen LogP contribution is 2.06. The zero-order valence-corrected chi connectivity index (χ0v) is 7.51. The quantitative estimate of drug-likeness (QED) is 0.501. The molecular formula is C10H17NO. The smallest absolute Gasteiger partial charge is 0.0620 e. The molecule has 0 saturated carbocycles. The fourth-order valence-electron chi connectivity index (χ4n) is 1.42. The average Bonchev–Trinajstić information content (AvgIpc) is 2.14. The molecule has 2 nitrogen and oxygen atoms in total. The number of rotatable bonds is 4. The molecule has 0 spiro atoms. The molecule has 1 unspecified atom stereocenters. The summed E-state index contributed by atoms with van der Waals surface area (Å²) in [5.74, 6) is 2.56. The van der Waals surface area contributed by atoms with Crippen molar-refractivity contribution in [2.24, 2.45) is 0 Å². The molecule has 1 fully saturated rings. The highest BCUT2D eigenvalue weighted by molar-refractivity contribution is 4.83. The lowest BCUT2D eigenvalue weighted by atomic mass is 10.1. The third-order valence-electron chi connectivity index (χ3n) is 2.12. The highest BCUT2D eigenvalue weighted by atomic mass is 16.5. The van der Waals surface area contributed by atoms with Crippen molar-refractivity contribution in [3.63, 3.8) is 0 Å². The summed E-state index contributed by atoms with van der Waals surface area (Å²) in [4.78, 5) is 0. The van der Waals surface area contributed by atoms with Gasteiger partial charge in [-0.25, -0.2) is 0 Å². The lowest BCUT2D eigenvalue weighted by Gasteiger charge is -2.22. The zero-order chi connectivity index (χ0) is 8.65. The van der Waals surface area contributed by atoms with E-state index >= 15 is 0 Å². The van der Waals surface area contributed by atoms with Gasteiger partial charge in [0.2, 0.25) is 0 Å². The van der Waals surface area contributed by atoms with Crippen LogP contribution in [-0.2, 0) is 4.74 Å². The molecule has 2 heteroatoms. The number of hydrogen-bond donors (Lipinski definition) is 1. The first-order valence-corrected chi connectivity index (χ1v) is 4.68. The Labute approximate surface area is 74.7 Å². The summed E-state index contributed by atoms with van der Waals surface area (Å²) in [7, 11) is 0. The predicted octanol–water partition coefficient (Wildman–Crippen LogP) is 1.17. The van der Waals surface area contributed by atoms with Gasteiger partial charge in [-0.1, -0.05) is 6.42 Å². The lowest BCUT2D eigenvalue weighted by molar-refractivity contribution is 0.108. The van der Waals surface area contributed by atoms with Crippen LogP contribution in [0.1, 0.15) is 25.7 Å². The molecule has 1 rings (SSSR count). The second-order valence-corrected chi connectivity index (χ2v) is 3.18. The van der Waals surface area contributed by atoms with Crippen LogP contribution in [0.25, 0.3) is 0 Å². The maximum Gasteiger partial charge on any atom is 0.0620 e. The molecule has 68 valence electrons. The molecule has 1 heterocycles.